The van der Waals surface area contributed by atoms with Crippen LogP contribution in [0.5, 0.6) is 0 Å². The molecule has 0 saturated carbocycles. The van der Waals surface area contributed by atoms with Crippen LogP contribution in [0.3, 0.4) is 0 Å². The number of hydrogen-bond acceptors (Lipinski definition) is 10. The van der Waals surface area contributed by atoms with Crippen LogP contribution in [0.4, 0.5) is 9.59 Å². The molecule has 0 aliphatic carbocycles. The Morgan fingerprint density at radius 1 is 0.875 bits per heavy atom. The van der Waals surface area contributed by atoms with Crippen molar-refractivity contribution in [2.45, 2.75) is 14.9 Å². The van der Waals surface area contributed by atoms with Crippen LogP contribution in [-0.4, -0.2) is 58.4 Å². The van der Waals surface area contributed by atoms with Crippen LogP contribution in [0.1, 0.15) is 25.4 Å². The van der Waals surface area contributed by atoms with Crippen LogP contribution in [-0.2, 0) is 56.2 Å². The van der Waals surface area contributed by atoms with Gasteiger partial charge in [0.25, 0.3) is 0 Å². The molecule has 4 rings (SSSR count). The number of imidazole rings is 2. The first kappa shape index (κ1) is 42.0. The van der Waals surface area contributed by atoms with Crippen LogP contribution in [0, 0.1) is 11.8 Å². The number of rotatable bonds is 5. The molecular formula is C22H24N6O6P2S2V2. The molecular weight excluding hydrogens is 672 g/mol. The van der Waals surface area contributed by atoms with Crippen molar-refractivity contribution in [1.29, 1.82) is 0 Å². The van der Waals surface area contributed by atoms with E-state index in [9.17, 15) is 19.2 Å². The van der Waals surface area contributed by atoms with Gasteiger partial charge in [0, 0.05) is 9.40 Å². The van der Waals surface area contributed by atoms with E-state index in [4.69, 9.17) is 11.5 Å². The summed E-state index contributed by atoms with van der Waals surface area (Å²) in [6.07, 6.45) is 1.37. The number of fused-ring (bicyclic) bond motifs is 1. The number of ether oxygens (including phenoxy) is 2. The third-order valence-corrected chi connectivity index (χ3v) is 7.08. The smallest absolute Gasteiger partial charge is 0.632 e. The Bertz CT molecular complexity index is 1370. The number of carbonyl (C=O) groups excluding carboxylic acids is 4. The maximum atomic E-state index is 10.5. The largest absolute Gasteiger partial charge is 2.00 e. The fourth-order valence-electron chi connectivity index (χ4n) is 2.21. The number of aromatic nitrogens is 4. The quantitative estimate of drug-likeness (QED) is 0.164. The topological polar surface area (TPSA) is 192 Å². The summed E-state index contributed by atoms with van der Waals surface area (Å²) in [4.78, 5) is 55.8. The Kier molecular flexibility index (Phi) is 23.4. The first-order valence-electron chi connectivity index (χ1n) is 9.30. The van der Waals surface area contributed by atoms with Crippen LogP contribution in [0.15, 0.2) is 24.5 Å². The second kappa shape index (κ2) is 22.3. The van der Waals surface area contributed by atoms with E-state index < -0.39 is 12.2 Å². The van der Waals surface area contributed by atoms with Crippen LogP contribution in [0.2, 0.25) is 0 Å². The van der Waals surface area contributed by atoms with Gasteiger partial charge in [-0.1, -0.05) is 14.9 Å². The number of nitrogens with one attached hydrogen (secondary N) is 4. The molecule has 40 heavy (non-hydrogen) atoms. The third kappa shape index (κ3) is 14.3. The Hall–Kier alpha value is -2.45. The average Bonchev–Trinajstić information content (AvgIpc) is 3.63. The van der Waals surface area contributed by atoms with Gasteiger partial charge in [0.2, 0.25) is 12.2 Å². The number of aromatic amines is 2. The predicted molar refractivity (Wildman–Crippen MR) is 156 cm³/mol. The van der Waals surface area contributed by atoms with Crippen molar-refractivity contribution in [3.63, 3.8) is 0 Å². The first-order chi connectivity index (χ1) is 17.3. The summed E-state index contributed by atoms with van der Waals surface area (Å²) in [6.45, 7) is 0. The van der Waals surface area contributed by atoms with Gasteiger partial charge in [0.05, 0.1) is 53.2 Å². The molecule has 4 N–H and O–H groups in total. The van der Waals surface area contributed by atoms with Gasteiger partial charge in [-0.25, -0.2) is 22.0 Å². The SMILES string of the molecule is C.C.COC([NH-])=O.COC([NH-])=O.O=[C-]Pc1ncc(C#Cc2cc3sc(-c4cnc(P[C-]=O)[nH]4)cc3s2)[nH]1.[V+2].[V+2]. The van der Waals surface area contributed by atoms with Gasteiger partial charge in [-0.3, -0.25) is 9.59 Å². The maximum Gasteiger partial charge on any atom is 2.00 e. The van der Waals surface area contributed by atoms with E-state index in [0.717, 1.165) is 39.1 Å². The van der Waals surface area contributed by atoms with Gasteiger partial charge in [-0.05, 0) is 24.0 Å². The molecule has 4 aromatic rings. The minimum absolute atomic E-state index is 0. The molecule has 0 fully saturated rings. The number of carbonyl (C=O) groups is 2. The molecule has 0 aromatic carbocycles. The van der Waals surface area contributed by atoms with Crippen molar-refractivity contribution in [3.05, 3.63) is 46.6 Å². The zero-order chi connectivity index (χ0) is 26.5. The average molecular weight is 696 g/mol. The Labute approximate surface area is 266 Å². The van der Waals surface area contributed by atoms with E-state index in [1.165, 1.54) is 0 Å². The molecule has 0 aliphatic rings. The van der Waals surface area contributed by atoms with Crippen LogP contribution < -0.4 is 11.1 Å². The molecule has 2 unspecified atom stereocenters. The summed E-state index contributed by atoms with van der Waals surface area (Å²) in [6, 6.07) is 7.84. The summed E-state index contributed by atoms with van der Waals surface area (Å²) < 4.78 is 9.86. The van der Waals surface area contributed by atoms with Gasteiger partial charge in [-0.2, -0.15) is 17.2 Å². The number of thiophene rings is 2. The van der Waals surface area contributed by atoms with Crippen molar-refractivity contribution in [3.8, 4) is 22.4 Å². The van der Waals surface area contributed by atoms with Gasteiger partial charge >= 0.3 is 37.1 Å². The minimum Gasteiger partial charge on any atom is -0.632 e. The molecule has 210 valence electrons. The number of nitrogens with zero attached hydrogens (tertiary/aromatic N) is 2. The Balaban J connectivity index is -0.000000851. The van der Waals surface area contributed by atoms with Crippen molar-refractivity contribution in [2.24, 2.45) is 0 Å². The molecule has 2 radical (unpaired) electrons. The van der Waals surface area contributed by atoms with Crippen molar-refractivity contribution in [1.82, 2.24) is 19.9 Å². The first-order valence-corrected chi connectivity index (χ1v) is 12.9. The maximum absolute atomic E-state index is 10.5. The summed E-state index contributed by atoms with van der Waals surface area (Å²) in [5.74, 6) is 6.14. The second-order valence-corrected chi connectivity index (χ2v) is 9.95. The van der Waals surface area contributed by atoms with E-state index in [2.05, 4.69) is 53.4 Å². The van der Waals surface area contributed by atoms with E-state index >= 15 is 0 Å². The zero-order valence-corrected chi connectivity index (χ0v) is 25.8. The molecule has 0 saturated heterocycles. The molecule has 4 aromatic heterocycles. The van der Waals surface area contributed by atoms with Gasteiger partial charge < -0.3 is 40.5 Å². The van der Waals surface area contributed by atoms with Gasteiger partial charge in [0.15, 0.2) is 0 Å². The Morgan fingerprint density at radius 2 is 1.38 bits per heavy atom. The third-order valence-electron chi connectivity index (χ3n) is 3.65. The fourth-order valence-corrected chi connectivity index (χ4v) is 5.27. The van der Waals surface area contributed by atoms with Crippen LogP contribution in [0.25, 0.3) is 31.4 Å². The summed E-state index contributed by atoms with van der Waals surface area (Å²) in [5, 5.41) is 0. The van der Waals surface area contributed by atoms with Crippen molar-refractivity contribution in [2.75, 3.05) is 14.2 Å². The summed E-state index contributed by atoms with van der Waals surface area (Å²) in [5.41, 5.74) is 14.7. The fraction of sp³-hybridized carbons (Fsp3) is 0.182. The molecule has 0 aliphatic heterocycles. The molecule has 18 heteroatoms. The molecule has 2 amide bonds. The molecule has 2 atom stereocenters. The standard InChI is InChI=1S/C16H8N4O2P2S2.2C2H5NO2.2CH4.2V/c21-7-23-15-17-5-9(19-15)1-2-10-3-13-14(25-10)4-12(26-13)11-6-18-16(20-11)24-8-22;2*1-5-2(3)4;;;;/h3-6,23-24H,(H,17,19)(H,18,20);2*1H3,(H2,3,4);2*1H4;;/q-2;;;;;2*+2/p-2. The normalized spacial score (nSPS) is 9.15. The zero-order valence-electron chi connectivity index (χ0n) is 19.4. The van der Waals surface area contributed by atoms with E-state index in [0.29, 0.717) is 16.8 Å². The number of methoxy groups -OCH3 is 2. The van der Waals surface area contributed by atoms with Crippen molar-refractivity contribution < 1.29 is 65.8 Å². The number of hydrogen-bond donors (Lipinski definition) is 2. The van der Waals surface area contributed by atoms with Crippen molar-refractivity contribution >= 4 is 84.6 Å². The Morgan fingerprint density at radius 3 is 1.88 bits per heavy atom. The second-order valence-electron chi connectivity index (χ2n) is 5.93. The van der Waals surface area contributed by atoms with Crippen LogP contribution >= 0.6 is 39.8 Å². The van der Waals surface area contributed by atoms with E-state index in [-0.39, 0.29) is 69.1 Å². The molecule has 0 bridgehead atoms. The monoisotopic (exact) mass is 696 g/mol. The van der Waals surface area contributed by atoms with E-state index in [1.54, 1.807) is 35.1 Å². The minimum atomic E-state index is -0.995. The molecule has 0 spiro atoms. The molecule has 4 heterocycles. The summed E-state index contributed by atoms with van der Waals surface area (Å²) >= 11 is 3.26. The number of amides is 2. The van der Waals surface area contributed by atoms with Gasteiger partial charge in [0.1, 0.15) is 5.69 Å². The van der Waals surface area contributed by atoms with E-state index in [1.807, 2.05) is 12.1 Å². The molecule has 12 nitrogen and oxygen atoms in total. The predicted octanol–water partition coefficient (Wildman–Crippen LogP) is 5.10. The summed E-state index contributed by atoms with van der Waals surface area (Å²) in [7, 11) is 2.14. The number of H-pyrrole nitrogens is 2. The van der Waals surface area contributed by atoms with Gasteiger partial charge in [-0.15, -0.1) is 22.7 Å².